The zero-order chi connectivity index (χ0) is 21.7. The van der Waals surface area contributed by atoms with Gasteiger partial charge in [-0.2, -0.15) is 4.72 Å². The quantitative estimate of drug-likeness (QED) is 0.534. The van der Waals surface area contributed by atoms with Crippen LogP contribution in [0.2, 0.25) is 0 Å². The Morgan fingerprint density at radius 2 is 1.83 bits per heavy atom. The fourth-order valence-corrected chi connectivity index (χ4v) is 6.47. The third-order valence-corrected chi connectivity index (χ3v) is 8.72. The number of phenolic OH excluding ortho intramolecular Hbond substituents is 1. The summed E-state index contributed by atoms with van der Waals surface area (Å²) in [6.45, 7) is 1.72. The monoisotopic (exact) mass is 447 g/mol. The molecule has 0 amide bonds. The molecule has 30 heavy (non-hydrogen) atoms. The highest BCUT2D eigenvalue weighted by Gasteiger charge is 2.72. The van der Waals surface area contributed by atoms with Gasteiger partial charge >= 0.3 is 5.97 Å². The molecule has 3 N–H and O–H groups in total. The number of thiophene rings is 1. The highest BCUT2D eigenvalue weighted by atomic mass is 32.2. The molecule has 2 atom stereocenters. The Labute approximate surface area is 176 Å². The van der Waals surface area contributed by atoms with Crippen LogP contribution in [0.1, 0.15) is 18.9 Å². The molecule has 0 bridgehead atoms. The molecule has 156 valence electrons. The van der Waals surface area contributed by atoms with E-state index in [1.54, 1.807) is 31.2 Å². The van der Waals surface area contributed by atoms with E-state index in [0.29, 0.717) is 10.4 Å². The molecule has 1 aliphatic rings. The number of halogens is 1. The van der Waals surface area contributed by atoms with E-state index < -0.39 is 38.5 Å². The Hall–Kier alpha value is -2.75. The van der Waals surface area contributed by atoms with Crippen LogP contribution in [0.5, 0.6) is 5.75 Å². The van der Waals surface area contributed by atoms with Crippen molar-refractivity contribution in [3.05, 3.63) is 72.0 Å². The molecule has 3 aromatic rings. The highest BCUT2D eigenvalue weighted by Crippen LogP contribution is 2.58. The molecule has 6 nitrogen and oxygen atoms in total. The van der Waals surface area contributed by atoms with Crippen molar-refractivity contribution in [3.8, 4) is 16.2 Å². The van der Waals surface area contributed by atoms with Crippen LogP contribution in [-0.4, -0.2) is 30.1 Å². The maximum atomic E-state index is 13.3. The maximum Gasteiger partial charge on any atom is 0.325 e. The fraction of sp³-hybridized carbons (Fsp3) is 0.190. The SMILES string of the molecule is C[C@]1(c2ccccc2)C[C@@]1(NS(=O)(=O)c1ccc(-c2ccc(F)c(O)c2)s1)C(=O)O. The van der Waals surface area contributed by atoms with Crippen molar-refractivity contribution >= 4 is 27.3 Å². The highest BCUT2D eigenvalue weighted by molar-refractivity contribution is 7.91. The lowest BCUT2D eigenvalue weighted by Gasteiger charge is -2.20. The second-order valence-electron chi connectivity index (χ2n) is 7.48. The summed E-state index contributed by atoms with van der Waals surface area (Å²) in [7, 11) is -4.13. The zero-order valence-corrected chi connectivity index (χ0v) is 17.4. The predicted octanol–water partition coefficient (Wildman–Crippen LogP) is 3.72. The molecule has 0 radical (unpaired) electrons. The minimum Gasteiger partial charge on any atom is -0.505 e. The van der Waals surface area contributed by atoms with E-state index in [0.717, 1.165) is 23.0 Å². The number of rotatable bonds is 6. The van der Waals surface area contributed by atoms with Gasteiger partial charge in [-0.1, -0.05) is 43.3 Å². The summed E-state index contributed by atoms with van der Waals surface area (Å²) in [6.07, 6.45) is 0.128. The van der Waals surface area contributed by atoms with Gasteiger partial charge in [-0.15, -0.1) is 11.3 Å². The number of sulfonamides is 1. The van der Waals surface area contributed by atoms with Crippen LogP contribution in [0.3, 0.4) is 0 Å². The molecule has 1 aliphatic carbocycles. The number of nitrogens with one attached hydrogen (secondary N) is 1. The van der Waals surface area contributed by atoms with Gasteiger partial charge in [0.1, 0.15) is 9.75 Å². The number of carboxylic acids is 1. The molecule has 1 aromatic heterocycles. The van der Waals surface area contributed by atoms with E-state index >= 15 is 0 Å². The van der Waals surface area contributed by atoms with E-state index in [1.807, 2.05) is 6.07 Å². The van der Waals surface area contributed by atoms with Gasteiger partial charge in [0.2, 0.25) is 0 Å². The number of carboxylic acid groups (broad SMARTS) is 1. The molecule has 0 unspecified atom stereocenters. The van der Waals surface area contributed by atoms with Crippen molar-refractivity contribution in [1.29, 1.82) is 0 Å². The van der Waals surface area contributed by atoms with Gasteiger partial charge in [-0.3, -0.25) is 4.79 Å². The van der Waals surface area contributed by atoms with Crippen molar-refractivity contribution in [2.75, 3.05) is 0 Å². The van der Waals surface area contributed by atoms with Gasteiger partial charge < -0.3 is 10.2 Å². The number of hydrogen-bond acceptors (Lipinski definition) is 5. The summed E-state index contributed by atoms with van der Waals surface area (Å²) >= 11 is 0.907. The summed E-state index contributed by atoms with van der Waals surface area (Å²) < 4.78 is 41.6. The lowest BCUT2D eigenvalue weighted by molar-refractivity contribution is -0.140. The Bertz CT molecular complexity index is 1240. The molecule has 0 saturated heterocycles. The third-order valence-electron chi connectivity index (χ3n) is 5.60. The number of benzene rings is 2. The molecule has 1 heterocycles. The van der Waals surface area contributed by atoms with Crippen LogP contribution in [-0.2, 0) is 20.2 Å². The summed E-state index contributed by atoms with van der Waals surface area (Å²) in [4.78, 5) is 12.6. The second-order valence-corrected chi connectivity index (χ2v) is 10.5. The lowest BCUT2D eigenvalue weighted by atomic mass is 9.93. The van der Waals surface area contributed by atoms with Gasteiger partial charge in [0, 0.05) is 10.3 Å². The van der Waals surface area contributed by atoms with Gasteiger partial charge in [-0.05, 0) is 41.8 Å². The average Bonchev–Trinajstić information content (AvgIpc) is 3.07. The van der Waals surface area contributed by atoms with Gasteiger partial charge in [0.05, 0.1) is 0 Å². The molecule has 0 aliphatic heterocycles. The first-order valence-electron chi connectivity index (χ1n) is 9.01. The third kappa shape index (κ3) is 3.19. The molecular formula is C21H18FNO5S2. The lowest BCUT2D eigenvalue weighted by Crippen LogP contribution is -2.47. The van der Waals surface area contributed by atoms with E-state index in [2.05, 4.69) is 4.72 Å². The Morgan fingerprint density at radius 3 is 2.47 bits per heavy atom. The summed E-state index contributed by atoms with van der Waals surface area (Å²) in [5, 5.41) is 19.4. The van der Waals surface area contributed by atoms with Crippen LogP contribution in [0.15, 0.2) is 64.9 Å². The zero-order valence-electron chi connectivity index (χ0n) is 15.8. The first-order chi connectivity index (χ1) is 14.1. The van der Waals surface area contributed by atoms with Gasteiger partial charge in [-0.25, -0.2) is 12.8 Å². The van der Waals surface area contributed by atoms with Crippen LogP contribution >= 0.6 is 11.3 Å². The van der Waals surface area contributed by atoms with Crippen molar-refractivity contribution in [1.82, 2.24) is 4.72 Å². The molecule has 2 aromatic carbocycles. The summed E-state index contributed by atoms with van der Waals surface area (Å²) in [5.41, 5.74) is -1.33. The predicted molar refractivity (Wildman–Crippen MR) is 110 cm³/mol. The fourth-order valence-electron chi connectivity index (χ4n) is 3.71. The molecule has 0 spiro atoms. The maximum absolute atomic E-state index is 13.3. The van der Waals surface area contributed by atoms with Crippen molar-refractivity contribution in [2.45, 2.75) is 28.5 Å². The van der Waals surface area contributed by atoms with Crippen LogP contribution < -0.4 is 4.72 Å². The number of phenols is 1. The van der Waals surface area contributed by atoms with Crippen LogP contribution in [0, 0.1) is 5.82 Å². The number of hydrogen-bond donors (Lipinski definition) is 3. The van der Waals surface area contributed by atoms with Crippen LogP contribution in [0.4, 0.5) is 4.39 Å². The van der Waals surface area contributed by atoms with Crippen molar-refractivity contribution < 1.29 is 27.8 Å². The second kappa shape index (κ2) is 6.90. The summed E-state index contributed by atoms with van der Waals surface area (Å²) in [6, 6.07) is 15.5. The average molecular weight is 448 g/mol. The topological polar surface area (TPSA) is 104 Å². The molecule has 9 heteroatoms. The number of carbonyl (C=O) groups is 1. The Morgan fingerprint density at radius 1 is 1.13 bits per heavy atom. The van der Waals surface area contributed by atoms with Crippen molar-refractivity contribution in [2.24, 2.45) is 0 Å². The van der Waals surface area contributed by atoms with Gasteiger partial charge in [0.25, 0.3) is 10.0 Å². The Balaban J connectivity index is 1.65. The largest absolute Gasteiger partial charge is 0.505 e. The molecule has 1 fully saturated rings. The van der Waals surface area contributed by atoms with E-state index in [4.69, 9.17) is 0 Å². The van der Waals surface area contributed by atoms with E-state index in [1.165, 1.54) is 24.3 Å². The molecular weight excluding hydrogens is 429 g/mol. The standard InChI is InChI=1S/C21H18FNO5S2/c1-20(14-5-3-2-4-6-14)12-21(20,19(25)26)23-30(27,28)18-10-9-17(29-18)13-7-8-15(22)16(24)11-13/h2-11,23-24H,12H2,1H3,(H,25,26)/t20-,21-/m1/s1. The van der Waals surface area contributed by atoms with Crippen LogP contribution in [0.25, 0.3) is 10.4 Å². The normalized spacial score (nSPS) is 23.3. The summed E-state index contributed by atoms with van der Waals surface area (Å²) in [5.74, 6) is -2.55. The minimum absolute atomic E-state index is 0.0655. The number of aliphatic carboxylic acids is 1. The van der Waals surface area contributed by atoms with Crippen molar-refractivity contribution in [3.63, 3.8) is 0 Å². The van der Waals surface area contributed by atoms with E-state index in [-0.39, 0.29) is 10.6 Å². The number of aromatic hydroxyl groups is 1. The Kier molecular flexibility index (Phi) is 4.72. The van der Waals surface area contributed by atoms with Gasteiger partial charge in [0.15, 0.2) is 11.6 Å². The first-order valence-corrected chi connectivity index (χ1v) is 11.3. The molecule has 4 rings (SSSR count). The minimum atomic E-state index is -4.13. The van der Waals surface area contributed by atoms with E-state index in [9.17, 15) is 27.8 Å². The smallest absolute Gasteiger partial charge is 0.325 e. The first kappa shape index (κ1) is 20.5. The molecule has 1 saturated carbocycles.